The van der Waals surface area contributed by atoms with Gasteiger partial charge in [-0.3, -0.25) is 4.98 Å². The summed E-state index contributed by atoms with van der Waals surface area (Å²) < 4.78 is 15.8. The smallest absolute Gasteiger partial charge is 0.174 e. The number of piperidine rings is 1. The first-order chi connectivity index (χ1) is 18.9. The molecule has 2 aromatic carbocycles. The quantitative estimate of drug-likeness (QED) is 0.259. The van der Waals surface area contributed by atoms with Crippen LogP contribution in [0.15, 0.2) is 85.2 Å². The topological polar surface area (TPSA) is 36.3 Å². The van der Waals surface area contributed by atoms with Gasteiger partial charge in [0.05, 0.1) is 22.4 Å². The van der Waals surface area contributed by atoms with Gasteiger partial charge in [-0.05, 0) is 97.2 Å². The Morgan fingerprint density at radius 1 is 0.949 bits per heavy atom. The van der Waals surface area contributed by atoms with E-state index in [1.54, 1.807) is 18.3 Å². The molecule has 2 aromatic heterocycles. The molecule has 0 aliphatic carbocycles. The monoisotopic (exact) mass is 559 g/mol. The number of nitrogens with one attached hydrogen (secondary N) is 1. The van der Waals surface area contributed by atoms with Crippen molar-refractivity contribution in [3.05, 3.63) is 107 Å². The van der Waals surface area contributed by atoms with Gasteiger partial charge >= 0.3 is 0 Å². The van der Waals surface area contributed by atoms with Gasteiger partial charge in [0.25, 0.3) is 0 Å². The van der Waals surface area contributed by atoms with Gasteiger partial charge in [-0.1, -0.05) is 31.5 Å². The molecule has 0 spiro atoms. The molecule has 8 heteroatoms. The molecule has 4 atom stereocenters. The highest BCUT2D eigenvalue weighted by Crippen LogP contribution is 2.44. The summed E-state index contributed by atoms with van der Waals surface area (Å²) in [4.78, 5) is 9.19. The van der Waals surface area contributed by atoms with E-state index >= 15 is 0 Å². The second-order valence-corrected chi connectivity index (χ2v) is 11.6. The molecule has 5 nitrogen and oxygen atoms in total. The molecule has 2 fully saturated rings. The Kier molecular flexibility index (Phi) is 7.04. The van der Waals surface area contributed by atoms with Crippen molar-refractivity contribution in [3.63, 3.8) is 0 Å². The maximum Gasteiger partial charge on any atom is 0.174 e. The molecule has 2 saturated heterocycles. The van der Waals surface area contributed by atoms with Crippen LogP contribution in [0.1, 0.15) is 43.7 Å². The first-order valence-electron chi connectivity index (χ1n) is 13.4. The lowest BCUT2D eigenvalue weighted by Gasteiger charge is -2.37. The van der Waals surface area contributed by atoms with Crippen molar-refractivity contribution in [2.75, 3.05) is 22.9 Å². The van der Waals surface area contributed by atoms with Gasteiger partial charge in [0.1, 0.15) is 11.9 Å². The molecule has 2 aliphatic heterocycles. The third-order valence-corrected chi connectivity index (χ3v) is 8.32. The molecule has 39 heavy (non-hydrogen) atoms. The maximum atomic E-state index is 13.7. The SMILES string of the molecule is C[C@@H]1C[C@H](C)CN(c2ccc(N3C(=S)N[C@@H](c4ccccn4)[C@H]3c3cccn3-c3ccc(F)cc3)cc2Cl)C1. The van der Waals surface area contributed by atoms with Crippen LogP contribution in [-0.2, 0) is 0 Å². The van der Waals surface area contributed by atoms with Crippen molar-refractivity contribution in [2.45, 2.75) is 32.4 Å². The standard InChI is InChI=1S/C31H31ClFN5S/c1-20-16-21(2)19-36(18-20)27-13-12-24(17-25(27)32)38-30(29(35-31(38)39)26-6-3-4-14-34-26)28-7-5-15-37(28)23-10-8-22(33)9-11-23/h3-15,17,20-21,29-30H,16,18-19H2,1-2H3,(H,35,39)/t20-,21+,29-,30+/m0/s1. The number of anilines is 2. The van der Waals surface area contributed by atoms with Crippen LogP contribution in [0.5, 0.6) is 0 Å². The molecule has 0 radical (unpaired) electrons. The van der Waals surface area contributed by atoms with Gasteiger partial charge in [-0.25, -0.2) is 4.39 Å². The van der Waals surface area contributed by atoms with Crippen molar-refractivity contribution in [1.82, 2.24) is 14.9 Å². The molecule has 4 heterocycles. The average Bonchev–Trinajstić information content (AvgIpc) is 3.53. The Labute approximate surface area is 239 Å². The summed E-state index contributed by atoms with van der Waals surface area (Å²) in [5.41, 5.74) is 4.73. The number of thiocarbonyl (C=S) groups is 1. The van der Waals surface area contributed by atoms with E-state index in [2.05, 4.69) is 56.7 Å². The summed E-state index contributed by atoms with van der Waals surface area (Å²) in [5.74, 6) is 0.988. The Bertz CT molecular complexity index is 1460. The maximum absolute atomic E-state index is 13.7. The van der Waals surface area contributed by atoms with Gasteiger partial charge in [0.2, 0.25) is 0 Å². The lowest BCUT2D eigenvalue weighted by atomic mass is 9.91. The Morgan fingerprint density at radius 2 is 1.69 bits per heavy atom. The van der Waals surface area contributed by atoms with Gasteiger partial charge in [0, 0.05) is 42.6 Å². The van der Waals surface area contributed by atoms with Crippen molar-refractivity contribution >= 4 is 40.3 Å². The molecule has 0 saturated carbocycles. The van der Waals surface area contributed by atoms with Crippen LogP contribution >= 0.6 is 23.8 Å². The largest absolute Gasteiger partial charge is 0.370 e. The molecular formula is C31H31ClFN5S. The summed E-state index contributed by atoms with van der Waals surface area (Å²) in [6.45, 7) is 6.61. The van der Waals surface area contributed by atoms with Crippen molar-refractivity contribution < 1.29 is 4.39 Å². The second-order valence-electron chi connectivity index (χ2n) is 10.8. The Hall–Kier alpha value is -3.42. The summed E-state index contributed by atoms with van der Waals surface area (Å²) in [5, 5.41) is 4.84. The highest BCUT2D eigenvalue weighted by molar-refractivity contribution is 7.80. The number of hydrogen-bond acceptors (Lipinski definition) is 3. The summed E-state index contributed by atoms with van der Waals surface area (Å²) in [6, 6.07) is 22.3. The molecule has 4 aromatic rings. The summed E-state index contributed by atoms with van der Waals surface area (Å²) in [6.07, 6.45) is 5.03. The van der Waals surface area contributed by atoms with Gasteiger partial charge in [-0.15, -0.1) is 0 Å². The first-order valence-corrected chi connectivity index (χ1v) is 14.2. The zero-order chi connectivity index (χ0) is 27.1. The van der Waals surface area contributed by atoms with Crippen LogP contribution < -0.4 is 15.1 Å². The molecule has 1 N–H and O–H groups in total. The van der Waals surface area contributed by atoms with Crippen LogP contribution in [0.3, 0.4) is 0 Å². The molecule has 0 unspecified atom stereocenters. The first kappa shape index (κ1) is 25.8. The third kappa shape index (κ3) is 5.01. The predicted molar refractivity (Wildman–Crippen MR) is 160 cm³/mol. The minimum Gasteiger partial charge on any atom is -0.370 e. The number of rotatable bonds is 5. The zero-order valence-electron chi connectivity index (χ0n) is 22.0. The number of nitrogens with zero attached hydrogens (tertiary/aromatic N) is 4. The van der Waals surface area contributed by atoms with E-state index in [-0.39, 0.29) is 17.9 Å². The molecule has 2 aliphatic rings. The Morgan fingerprint density at radius 3 is 2.38 bits per heavy atom. The highest BCUT2D eigenvalue weighted by atomic mass is 35.5. The normalized spacial score (nSPS) is 23.2. The minimum atomic E-state index is -0.267. The molecule has 200 valence electrons. The average molecular weight is 560 g/mol. The van der Waals surface area contributed by atoms with E-state index in [4.69, 9.17) is 23.8 Å². The van der Waals surface area contributed by atoms with Crippen LogP contribution in [0, 0.1) is 17.7 Å². The van der Waals surface area contributed by atoms with Crippen molar-refractivity contribution in [2.24, 2.45) is 11.8 Å². The lowest BCUT2D eigenvalue weighted by molar-refractivity contribution is 0.357. The Balaban J connectivity index is 1.42. The van der Waals surface area contributed by atoms with Crippen LogP contribution in [0.25, 0.3) is 5.69 Å². The fraction of sp³-hybridized carbons (Fsp3) is 0.290. The summed E-state index contributed by atoms with van der Waals surface area (Å²) in [7, 11) is 0. The van der Waals surface area contributed by atoms with Gasteiger partial charge < -0.3 is 19.7 Å². The second kappa shape index (κ2) is 10.6. The van der Waals surface area contributed by atoms with Crippen LogP contribution in [0.4, 0.5) is 15.8 Å². The van der Waals surface area contributed by atoms with E-state index in [1.807, 2.05) is 36.5 Å². The van der Waals surface area contributed by atoms with Crippen molar-refractivity contribution in [1.29, 1.82) is 0 Å². The number of pyridine rings is 1. The number of halogens is 2. The number of hydrogen-bond donors (Lipinski definition) is 1. The summed E-state index contributed by atoms with van der Waals surface area (Å²) >= 11 is 12.9. The predicted octanol–water partition coefficient (Wildman–Crippen LogP) is 7.32. The molecule has 0 amide bonds. The van der Waals surface area contributed by atoms with E-state index < -0.39 is 0 Å². The van der Waals surface area contributed by atoms with E-state index in [1.165, 1.54) is 18.6 Å². The zero-order valence-corrected chi connectivity index (χ0v) is 23.5. The van der Waals surface area contributed by atoms with Crippen LogP contribution in [0.2, 0.25) is 5.02 Å². The molecule has 6 rings (SSSR count). The van der Waals surface area contributed by atoms with E-state index in [0.717, 1.165) is 41.5 Å². The van der Waals surface area contributed by atoms with Gasteiger partial charge in [-0.2, -0.15) is 0 Å². The van der Waals surface area contributed by atoms with E-state index in [0.29, 0.717) is 22.0 Å². The fourth-order valence-corrected chi connectivity index (χ4v) is 6.81. The fourth-order valence-electron chi connectivity index (χ4n) is 6.17. The minimum absolute atomic E-state index is 0.199. The molecule has 0 bridgehead atoms. The third-order valence-electron chi connectivity index (χ3n) is 7.71. The highest BCUT2D eigenvalue weighted by Gasteiger charge is 2.42. The number of aromatic nitrogens is 2. The lowest BCUT2D eigenvalue weighted by Crippen LogP contribution is -2.38. The van der Waals surface area contributed by atoms with Gasteiger partial charge in [0.15, 0.2) is 5.11 Å². The van der Waals surface area contributed by atoms with Crippen molar-refractivity contribution in [3.8, 4) is 5.69 Å². The van der Waals surface area contributed by atoms with Crippen LogP contribution in [-0.4, -0.2) is 27.8 Å². The van der Waals surface area contributed by atoms with E-state index in [9.17, 15) is 4.39 Å². The molecular weight excluding hydrogens is 529 g/mol. The number of benzene rings is 2.